The highest BCUT2D eigenvalue weighted by molar-refractivity contribution is 6.09. The molecule has 0 atom stereocenters. The van der Waals surface area contributed by atoms with E-state index in [1.165, 1.54) is 0 Å². The molecular formula is C32H41N5O4. The molecule has 0 unspecified atom stereocenters. The summed E-state index contributed by atoms with van der Waals surface area (Å²) in [7, 11) is 3.74. The number of rotatable bonds is 13. The molecule has 1 aliphatic heterocycles. The summed E-state index contributed by atoms with van der Waals surface area (Å²) in [4.78, 5) is 34.6. The maximum atomic E-state index is 12.8. The van der Waals surface area contributed by atoms with Gasteiger partial charge in [0.2, 0.25) is 0 Å². The standard InChI is InChI=1S/C32H41N5O4/c1-5-8-30(24-11-15-28(40-4)16-12-24)34-26(6-2)23-29(33)31(38)35-27-13-9-25(10-14-27)32(39)41-22-7-17-37-20-18-36(3)19-21-37/h5,8-16,23H,1,6-7,17-22,33H2,2-4H3,(H,35,38)/b29-23-,30-8-,34-26-. The van der Waals surface area contributed by atoms with Crippen molar-refractivity contribution in [3.8, 4) is 5.75 Å². The summed E-state index contributed by atoms with van der Waals surface area (Å²) in [6.45, 7) is 11.2. The fourth-order valence-electron chi connectivity index (χ4n) is 4.19. The minimum absolute atomic E-state index is 0.0159. The molecule has 1 amide bonds. The normalized spacial score (nSPS) is 15.3. The van der Waals surface area contributed by atoms with Crippen molar-refractivity contribution in [1.29, 1.82) is 0 Å². The van der Waals surface area contributed by atoms with Crippen molar-refractivity contribution in [1.82, 2.24) is 9.80 Å². The van der Waals surface area contributed by atoms with Crippen LogP contribution in [0, 0.1) is 0 Å². The van der Waals surface area contributed by atoms with Gasteiger partial charge in [0.25, 0.3) is 5.91 Å². The number of carbonyl (C=O) groups excluding carboxylic acids is 2. The fraction of sp³-hybridized carbons (Fsp3) is 0.344. The number of anilines is 1. The second kappa shape index (κ2) is 16.2. The van der Waals surface area contributed by atoms with E-state index in [0.717, 1.165) is 50.5 Å². The minimum atomic E-state index is -0.468. The molecule has 1 saturated heterocycles. The Hall–Kier alpha value is -4.21. The van der Waals surface area contributed by atoms with Crippen LogP contribution in [0.1, 0.15) is 35.7 Å². The molecular weight excluding hydrogens is 518 g/mol. The summed E-state index contributed by atoms with van der Waals surface area (Å²) >= 11 is 0. The molecule has 41 heavy (non-hydrogen) atoms. The van der Waals surface area contributed by atoms with Crippen LogP contribution in [0.5, 0.6) is 5.75 Å². The number of nitrogens with zero attached hydrogens (tertiary/aromatic N) is 3. The van der Waals surface area contributed by atoms with E-state index < -0.39 is 5.91 Å². The molecule has 218 valence electrons. The van der Waals surface area contributed by atoms with Gasteiger partial charge in [-0.1, -0.05) is 19.6 Å². The number of ether oxygens (including phenoxy) is 2. The number of aliphatic imine (C=N–C) groups is 1. The predicted molar refractivity (Wildman–Crippen MR) is 165 cm³/mol. The van der Waals surface area contributed by atoms with Gasteiger partial charge in [-0.25, -0.2) is 4.79 Å². The first-order valence-corrected chi connectivity index (χ1v) is 13.8. The smallest absolute Gasteiger partial charge is 0.338 e. The Morgan fingerprint density at radius 3 is 2.32 bits per heavy atom. The van der Waals surface area contributed by atoms with Gasteiger partial charge in [0, 0.05) is 49.7 Å². The maximum absolute atomic E-state index is 12.8. The zero-order valence-electron chi connectivity index (χ0n) is 24.3. The first-order chi connectivity index (χ1) is 19.8. The minimum Gasteiger partial charge on any atom is -0.497 e. The molecule has 3 rings (SSSR count). The van der Waals surface area contributed by atoms with Crippen molar-refractivity contribution >= 4 is 29.0 Å². The number of likely N-dealkylation sites (N-methyl/N-ethyl adjacent to an activating group) is 1. The molecule has 3 N–H and O–H groups in total. The van der Waals surface area contributed by atoms with E-state index in [-0.39, 0.29) is 11.7 Å². The lowest BCUT2D eigenvalue weighted by Gasteiger charge is -2.32. The predicted octanol–water partition coefficient (Wildman–Crippen LogP) is 4.35. The van der Waals surface area contributed by atoms with Crippen LogP contribution >= 0.6 is 0 Å². The molecule has 0 spiro atoms. The molecule has 1 heterocycles. The van der Waals surface area contributed by atoms with E-state index in [4.69, 9.17) is 20.2 Å². The average molecular weight is 560 g/mol. The third-order valence-electron chi connectivity index (χ3n) is 6.70. The van der Waals surface area contributed by atoms with Crippen LogP contribution in [0.4, 0.5) is 5.69 Å². The van der Waals surface area contributed by atoms with Gasteiger partial charge in [-0.15, -0.1) is 0 Å². The number of nitrogens with one attached hydrogen (secondary N) is 1. The van der Waals surface area contributed by atoms with E-state index in [0.29, 0.717) is 35.7 Å². The summed E-state index contributed by atoms with van der Waals surface area (Å²) in [6.07, 6.45) is 6.36. The van der Waals surface area contributed by atoms with Crippen molar-refractivity contribution in [2.24, 2.45) is 10.7 Å². The molecule has 1 aliphatic rings. The summed E-state index contributed by atoms with van der Waals surface area (Å²) < 4.78 is 10.7. The highest BCUT2D eigenvalue weighted by Gasteiger charge is 2.14. The van der Waals surface area contributed by atoms with Gasteiger partial charge < -0.3 is 30.3 Å². The second-order valence-electron chi connectivity index (χ2n) is 9.74. The van der Waals surface area contributed by atoms with E-state index in [1.54, 1.807) is 49.6 Å². The van der Waals surface area contributed by atoms with E-state index in [9.17, 15) is 9.59 Å². The molecule has 0 aromatic heterocycles. The maximum Gasteiger partial charge on any atom is 0.338 e. The number of benzene rings is 2. The first kappa shape index (κ1) is 31.3. The second-order valence-corrected chi connectivity index (χ2v) is 9.74. The summed E-state index contributed by atoms with van der Waals surface area (Å²) in [5, 5.41) is 2.76. The number of carbonyl (C=O) groups is 2. The molecule has 9 heteroatoms. The van der Waals surface area contributed by atoms with Gasteiger partial charge in [0.1, 0.15) is 5.75 Å². The molecule has 2 aromatic rings. The molecule has 0 bridgehead atoms. The van der Waals surface area contributed by atoms with Gasteiger partial charge in [-0.2, -0.15) is 0 Å². The summed E-state index contributed by atoms with van der Waals surface area (Å²) in [5.74, 6) is -0.109. The van der Waals surface area contributed by atoms with Gasteiger partial charge in [-0.3, -0.25) is 9.79 Å². The Balaban J connectivity index is 1.54. The molecule has 1 fully saturated rings. The highest BCUT2D eigenvalue weighted by Crippen LogP contribution is 2.21. The van der Waals surface area contributed by atoms with Crippen LogP contribution in [-0.2, 0) is 9.53 Å². The Morgan fingerprint density at radius 2 is 1.71 bits per heavy atom. The van der Waals surface area contributed by atoms with Crippen LogP contribution in [-0.4, -0.2) is 80.9 Å². The number of nitrogens with two attached hydrogens (primary N) is 1. The van der Waals surface area contributed by atoms with Crippen LogP contribution in [0.3, 0.4) is 0 Å². The zero-order chi connectivity index (χ0) is 29.6. The zero-order valence-corrected chi connectivity index (χ0v) is 24.3. The first-order valence-electron chi connectivity index (χ1n) is 13.8. The lowest BCUT2D eigenvalue weighted by Crippen LogP contribution is -2.44. The number of hydrogen-bond acceptors (Lipinski definition) is 8. The van der Waals surface area contributed by atoms with Crippen LogP contribution < -0.4 is 15.8 Å². The quantitative estimate of drug-likeness (QED) is 0.123. The fourth-order valence-corrected chi connectivity index (χ4v) is 4.19. The Kier molecular flexibility index (Phi) is 12.3. The Labute approximate surface area is 243 Å². The summed E-state index contributed by atoms with van der Waals surface area (Å²) in [5.41, 5.74) is 9.25. The number of esters is 1. The largest absolute Gasteiger partial charge is 0.497 e. The topological polar surface area (TPSA) is 109 Å². The summed E-state index contributed by atoms with van der Waals surface area (Å²) in [6, 6.07) is 14.1. The Bertz CT molecular complexity index is 1260. The molecule has 0 aliphatic carbocycles. The van der Waals surface area contributed by atoms with Crippen LogP contribution in [0.15, 0.2) is 84.0 Å². The van der Waals surface area contributed by atoms with Gasteiger partial charge in [0.15, 0.2) is 0 Å². The highest BCUT2D eigenvalue weighted by atomic mass is 16.5. The van der Waals surface area contributed by atoms with Gasteiger partial charge in [0.05, 0.1) is 30.7 Å². The van der Waals surface area contributed by atoms with Crippen molar-refractivity contribution in [3.63, 3.8) is 0 Å². The van der Waals surface area contributed by atoms with E-state index in [2.05, 4.69) is 28.7 Å². The number of hydrogen-bond donors (Lipinski definition) is 2. The number of methoxy groups -OCH3 is 1. The van der Waals surface area contributed by atoms with Gasteiger partial charge >= 0.3 is 5.97 Å². The lowest BCUT2D eigenvalue weighted by atomic mass is 10.1. The number of allylic oxidation sites excluding steroid dienone is 3. The Morgan fingerprint density at radius 1 is 1.05 bits per heavy atom. The van der Waals surface area contributed by atoms with E-state index in [1.807, 2.05) is 31.2 Å². The molecule has 2 aromatic carbocycles. The SMILES string of the molecule is C=C\C=C(/N=C(\C=C(/N)C(=O)Nc1ccc(C(=O)OCCCN2CCN(C)CC2)cc1)CC)c1ccc(OC)cc1. The lowest BCUT2D eigenvalue weighted by molar-refractivity contribution is -0.112. The van der Waals surface area contributed by atoms with Crippen molar-refractivity contribution in [2.75, 3.05) is 58.8 Å². The van der Waals surface area contributed by atoms with Crippen LogP contribution in [0.25, 0.3) is 5.70 Å². The van der Waals surface area contributed by atoms with Crippen molar-refractivity contribution in [2.45, 2.75) is 19.8 Å². The molecule has 0 saturated carbocycles. The third kappa shape index (κ3) is 10.0. The number of amides is 1. The monoisotopic (exact) mass is 559 g/mol. The average Bonchev–Trinajstić information content (AvgIpc) is 2.99. The van der Waals surface area contributed by atoms with Crippen molar-refractivity contribution in [3.05, 3.63) is 90.2 Å². The number of piperazine rings is 1. The van der Waals surface area contributed by atoms with E-state index >= 15 is 0 Å². The van der Waals surface area contributed by atoms with Crippen molar-refractivity contribution < 1.29 is 19.1 Å². The molecule has 9 nitrogen and oxygen atoms in total. The molecule has 0 radical (unpaired) electrons. The van der Waals surface area contributed by atoms with Gasteiger partial charge in [-0.05, 0) is 80.6 Å². The van der Waals surface area contributed by atoms with Crippen LogP contribution in [0.2, 0.25) is 0 Å². The third-order valence-corrected chi connectivity index (χ3v) is 6.70.